The second kappa shape index (κ2) is 6.90. The van der Waals surface area contributed by atoms with Gasteiger partial charge in [-0.2, -0.15) is 0 Å². The van der Waals surface area contributed by atoms with Crippen LogP contribution >= 0.6 is 11.6 Å². The summed E-state index contributed by atoms with van der Waals surface area (Å²) in [6.45, 7) is 5.55. The summed E-state index contributed by atoms with van der Waals surface area (Å²) >= 11 is 6.12. The number of halogens is 1. The van der Waals surface area contributed by atoms with Crippen LogP contribution in [0.15, 0.2) is 24.3 Å². The minimum atomic E-state index is 0.0811. The van der Waals surface area contributed by atoms with E-state index < -0.39 is 0 Å². The number of likely N-dealkylation sites (tertiary alicyclic amines) is 1. The van der Waals surface area contributed by atoms with E-state index in [1.165, 1.54) is 25.1 Å². The van der Waals surface area contributed by atoms with Crippen LogP contribution in [0, 0.1) is 5.92 Å². The third kappa shape index (κ3) is 3.95. The Balaban J connectivity index is 2.08. The fraction of sp³-hybridized carbons (Fsp3) is 0.625. The molecule has 1 fully saturated rings. The lowest BCUT2D eigenvalue weighted by atomic mass is 9.98. The lowest BCUT2D eigenvalue weighted by Gasteiger charge is -2.33. The van der Waals surface area contributed by atoms with E-state index in [-0.39, 0.29) is 12.1 Å². The van der Waals surface area contributed by atoms with E-state index in [4.69, 9.17) is 17.3 Å². The highest BCUT2D eigenvalue weighted by Crippen LogP contribution is 2.27. The van der Waals surface area contributed by atoms with Gasteiger partial charge in [0.2, 0.25) is 0 Å². The number of nitrogens with zero attached hydrogens (tertiary/aromatic N) is 2. The fourth-order valence-electron chi connectivity index (χ4n) is 3.35. The van der Waals surface area contributed by atoms with Crippen LogP contribution in [0.4, 0.5) is 0 Å². The second-order valence-corrected chi connectivity index (χ2v) is 6.65. The smallest absolute Gasteiger partial charge is 0.0494 e. The van der Waals surface area contributed by atoms with Crippen LogP contribution in [0.2, 0.25) is 5.02 Å². The Morgan fingerprint density at radius 1 is 1.50 bits per heavy atom. The molecule has 0 aromatic heterocycles. The Kier molecular flexibility index (Phi) is 5.44. The number of benzene rings is 1. The Bertz CT molecular complexity index is 435. The molecule has 3 atom stereocenters. The molecule has 0 saturated carbocycles. The van der Waals surface area contributed by atoms with Crippen LogP contribution in [0.5, 0.6) is 0 Å². The predicted octanol–water partition coefficient (Wildman–Crippen LogP) is 2.61. The zero-order valence-electron chi connectivity index (χ0n) is 12.7. The van der Waals surface area contributed by atoms with Gasteiger partial charge in [0.05, 0.1) is 0 Å². The second-order valence-electron chi connectivity index (χ2n) is 6.22. The van der Waals surface area contributed by atoms with Gasteiger partial charge in [-0.15, -0.1) is 0 Å². The van der Waals surface area contributed by atoms with E-state index in [0.717, 1.165) is 17.5 Å². The van der Waals surface area contributed by atoms with Crippen molar-refractivity contribution in [3.63, 3.8) is 0 Å². The summed E-state index contributed by atoms with van der Waals surface area (Å²) in [6, 6.07) is 8.38. The molecule has 4 heteroatoms. The maximum Gasteiger partial charge on any atom is 0.0494 e. The topological polar surface area (TPSA) is 32.5 Å². The van der Waals surface area contributed by atoms with Gasteiger partial charge in [-0.1, -0.05) is 23.7 Å². The number of nitrogens with two attached hydrogens (primary N) is 1. The van der Waals surface area contributed by atoms with E-state index >= 15 is 0 Å². The monoisotopic (exact) mass is 295 g/mol. The first-order valence-corrected chi connectivity index (χ1v) is 7.75. The molecular weight excluding hydrogens is 270 g/mol. The first-order valence-electron chi connectivity index (χ1n) is 7.37. The zero-order chi connectivity index (χ0) is 14.7. The van der Waals surface area contributed by atoms with Crippen LogP contribution in [-0.4, -0.2) is 49.6 Å². The molecule has 1 heterocycles. The Morgan fingerprint density at radius 3 is 2.80 bits per heavy atom. The molecule has 0 spiro atoms. The van der Waals surface area contributed by atoms with Gasteiger partial charge in [-0.3, -0.25) is 4.90 Å². The number of rotatable bonds is 5. The summed E-state index contributed by atoms with van der Waals surface area (Å²) in [7, 11) is 4.37. The quantitative estimate of drug-likeness (QED) is 0.906. The average Bonchev–Trinajstić information content (AvgIpc) is 2.74. The summed E-state index contributed by atoms with van der Waals surface area (Å²) in [5, 5.41) is 0.780. The highest BCUT2D eigenvalue weighted by Gasteiger charge is 2.26. The van der Waals surface area contributed by atoms with Crippen molar-refractivity contribution in [1.29, 1.82) is 0 Å². The number of hydrogen-bond acceptors (Lipinski definition) is 3. The third-order valence-electron chi connectivity index (χ3n) is 4.20. The van der Waals surface area contributed by atoms with E-state index in [9.17, 15) is 0 Å². The van der Waals surface area contributed by atoms with Gasteiger partial charge in [-0.25, -0.2) is 0 Å². The molecule has 1 aromatic carbocycles. The molecular formula is C16H26ClN3. The molecule has 0 aliphatic carbocycles. The summed E-state index contributed by atoms with van der Waals surface area (Å²) in [5.74, 6) is 0.741. The van der Waals surface area contributed by atoms with Crippen molar-refractivity contribution in [3.8, 4) is 0 Å². The highest BCUT2D eigenvalue weighted by atomic mass is 35.5. The number of hydrogen-bond donors (Lipinski definition) is 1. The molecule has 1 aromatic rings. The van der Waals surface area contributed by atoms with E-state index in [1.54, 1.807) is 0 Å². The molecule has 3 unspecified atom stereocenters. The van der Waals surface area contributed by atoms with Crippen molar-refractivity contribution in [2.24, 2.45) is 11.7 Å². The summed E-state index contributed by atoms with van der Waals surface area (Å²) < 4.78 is 0. The van der Waals surface area contributed by atoms with Crippen molar-refractivity contribution in [2.45, 2.75) is 25.4 Å². The molecule has 20 heavy (non-hydrogen) atoms. The van der Waals surface area contributed by atoms with Gasteiger partial charge >= 0.3 is 0 Å². The Labute approximate surface area is 127 Å². The molecule has 2 rings (SSSR count). The largest absolute Gasteiger partial charge is 0.326 e. The average molecular weight is 296 g/mol. The third-order valence-corrected chi connectivity index (χ3v) is 4.43. The van der Waals surface area contributed by atoms with Crippen LogP contribution < -0.4 is 5.73 Å². The Hall–Kier alpha value is -0.610. The van der Waals surface area contributed by atoms with Gasteiger partial charge in [0.15, 0.2) is 0 Å². The first kappa shape index (κ1) is 15.8. The molecule has 2 N–H and O–H groups in total. The molecule has 0 bridgehead atoms. The molecule has 112 valence electrons. The lowest BCUT2D eigenvalue weighted by molar-refractivity contribution is 0.187. The van der Waals surface area contributed by atoms with Gasteiger partial charge < -0.3 is 10.6 Å². The van der Waals surface area contributed by atoms with Crippen molar-refractivity contribution in [2.75, 3.05) is 33.7 Å². The molecule has 1 aliphatic rings. The van der Waals surface area contributed by atoms with Crippen LogP contribution in [0.3, 0.4) is 0 Å². The minimum absolute atomic E-state index is 0.0811. The standard InChI is InChI=1S/C16H26ClN3/c1-12(18)16(14-5-4-6-15(17)9-14)20(3)11-13-7-8-19(2)10-13/h4-6,9,12-13,16H,7-8,10-11,18H2,1-3H3. The van der Waals surface area contributed by atoms with Gasteiger partial charge in [-0.05, 0) is 57.6 Å². The van der Waals surface area contributed by atoms with Crippen LogP contribution in [0.25, 0.3) is 0 Å². The van der Waals surface area contributed by atoms with E-state index in [0.29, 0.717) is 0 Å². The van der Waals surface area contributed by atoms with Crippen molar-refractivity contribution < 1.29 is 0 Å². The lowest BCUT2D eigenvalue weighted by Crippen LogP contribution is -2.40. The molecule has 0 amide bonds. The van der Waals surface area contributed by atoms with Crippen LogP contribution in [-0.2, 0) is 0 Å². The van der Waals surface area contributed by atoms with E-state index in [1.807, 2.05) is 18.2 Å². The molecule has 0 radical (unpaired) electrons. The SMILES string of the molecule is CC(N)C(c1cccc(Cl)c1)N(C)CC1CCN(C)C1. The molecule has 1 aliphatic heterocycles. The van der Waals surface area contributed by atoms with E-state index in [2.05, 4.69) is 36.9 Å². The zero-order valence-corrected chi connectivity index (χ0v) is 13.5. The van der Waals surface area contributed by atoms with Crippen LogP contribution in [0.1, 0.15) is 24.9 Å². The van der Waals surface area contributed by atoms with Crippen molar-refractivity contribution >= 4 is 11.6 Å². The minimum Gasteiger partial charge on any atom is -0.326 e. The molecule has 1 saturated heterocycles. The first-order chi connectivity index (χ1) is 9.47. The summed E-state index contributed by atoms with van der Waals surface area (Å²) in [4.78, 5) is 4.79. The molecule has 3 nitrogen and oxygen atoms in total. The van der Waals surface area contributed by atoms with Gasteiger partial charge in [0.25, 0.3) is 0 Å². The van der Waals surface area contributed by atoms with Gasteiger partial charge in [0, 0.05) is 30.2 Å². The maximum atomic E-state index is 6.23. The van der Waals surface area contributed by atoms with Gasteiger partial charge in [0.1, 0.15) is 0 Å². The fourth-order valence-corrected chi connectivity index (χ4v) is 3.54. The summed E-state index contributed by atoms with van der Waals surface area (Å²) in [6.07, 6.45) is 1.28. The maximum absolute atomic E-state index is 6.23. The van der Waals surface area contributed by atoms with Crippen molar-refractivity contribution in [1.82, 2.24) is 9.80 Å². The summed E-state index contributed by atoms with van der Waals surface area (Å²) in [5.41, 5.74) is 7.44. The number of likely N-dealkylation sites (N-methyl/N-ethyl adjacent to an activating group) is 1. The normalized spacial score (nSPS) is 23.2. The Morgan fingerprint density at radius 2 is 2.25 bits per heavy atom. The predicted molar refractivity (Wildman–Crippen MR) is 86.1 cm³/mol. The van der Waals surface area contributed by atoms with Crippen molar-refractivity contribution in [3.05, 3.63) is 34.9 Å². The highest BCUT2D eigenvalue weighted by molar-refractivity contribution is 6.30.